The van der Waals surface area contributed by atoms with Gasteiger partial charge in [0.15, 0.2) is 0 Å². The number of benzene rings is 1. The van der Waals surface area contributed by atoms with Crippen molar-refractivity contribution in [1.29, 1.82) is 0 Å². The number of amides is 2. The first-order chi connectivity index (χ1) is 12.2. The highest BCUT2D eigenvalue weighted by Crippen LogP contribution is 2.19. The van der Waals surface area contributed by atoms with E-state index in [4.69, 9.17) is 9.15 Å². The van der Waals surface area contributed by atoms with Crippen LogP contribution in [0.1, 0.15) is 37.0 Å². The van der Waals surface area contributed by atoms with E-state index in [-0.39, 0.29) is 12.1 Å². The summed E-state index contributed by atoms with van der Waals surface area (Å²) < 4.78 is 10.8. The molecule has 6 nitrogen and oxygen atoms in total. The van der Waals surface area contributed by atoms with Crippen molar-refractivity contribution in [3.8, 4) is 0 Å². The number of ether oxygens (including phenoxy) is 1. The van der Waals surface area contributed by atoms with E-state index in [1.807, 2.05) is 36.4 Å². The molecule has 1 aliphatic carbocycles. The van der Waals surface area contributed by atoms with Crippen LogP contribution < -0.4 is 10.6 Å². The highest BCUT2D eigenvalue weighted by molar-refractivity contribution is 5.89. The van der Waals surface area contributed by atoms with Crippen molar-refractivity contribution in [2.75, 3.05) is 5.32 Å². The lowest BCUT2D eigenvalue weighted by Crippen LogP contribution is -2.46. The number of urea groups is 1. The monoisotopic (exact) mass is 344 g/mol. The fourth-order valence-corrected chi connectivity index (χ4v) is 3.02. The Morgan fingerprint density at radius 2 is 2.08 bits per heavy atom. The maximum Gasteiger partial charge on any atom is 0.319 e. The van der Waals surface area contributed by atoms with Gasteiger partial charge in [-0.05, 0) is 42.7 Å². The highest BCUT2D eigenvalue weighted by Gasteiger charge is 2.24. The average Bonchev–Trinajstić information content (AvgIpc) is 3.11. The van der Waals surface area contributed by atoms with E-state index in [0.29, 0.717) is 18.9 Å². The predicted octanol–water partition coefficient (Wildman–Crippen LogP) is 3.42. The summed E-state index contributed by atoms with van der Waals surface area (Å²) in [6, 6.07) is 10.7. The van der Waals surface area contributed by atoms with Gasteiger partial charge >= 0.3 is 6.03 Å². The Morgan fingerprint density at radius 1 is 1.20 bits per heavy atom. The first-order valence-corrected chi connectivity index (χ1v) is 8.65. The molecule has 2 unspecified atom stereocenters. The Labute approximate surface area is 147 Å². The summed E-state index contributed by atoms with van der Waals surface area (Å²) in [5.41, 5.74) is 1.66. The summed E-state index contributed by atoms with van der Waals surface area (Å²) in [6.45, 7) is 0.837. The lowest BCUT2D eigenvalue weighted by atomic mass is 9.93. The molecule has 1 aliphatic rings. The standard InChI is InChI=1S/C19H24N2O4/c22-18-9-2-1-8-17(18)21-19(23)20-15-6-3-5-14(11-15)12-24-13-16-7-4-10-25-16/h3-7,10-11,17-18,22H,1-2,8-9,12-13H2,(H2,20,21,23). The van der Waals surface area contributed by atoms with Crippen LogP contribution in [-0.2, 0) is 18.0 Å². The Morgan fingerprint density at radius 3 is 2.88 bits per heavy atom. The van der Waals surface area contributed by atoms with Crippen LogP contribution in [0.15, 0.2) is 47.1 Å². The first-order valence-electron chi connectivity index (χ1n) is 8.65. The minimum Gasteiger partial charge on any atom is -0.467 e. The van der Waals surface area contributed by atoms with Gasteiger partial charge in [-0.3, -0.25) is 0 Å². The largest absolute Gasteiger partial charge is 0.467 e. The molecule has 2 amide bonds. The normalized spacial score (nSPS) is 20.2. The number of furan rings is 1. The SMILES string of the molecule is O=C(Nc1cccc(COCc2ccco2)c1)NC1CCCCC1O. The molecular weight excluding hydrogens is 320 g/mol. The summed E-state index contributed by atoms with van der Waals surface area (Å²) in [5.74, 6) is 0.777. The molecule has 0 radical (unpaired) electrons. The number of nitrogens with one attached hydrogen (secondary N) is 2. The third-order valence-electron chi connectivity index (χ3n) is 4.32. The van der Waals surface area contributed by atoms with Crippen LogP contribution in [0.2, 0.25) is 0 Å². The van der Waals surface area contributed by atoms with Crippen LogP contribution in [-0.4, -0.2) is 23.3 Å². The number of rotatable bonds is 6. The molecule has 0 spiro atoms. The summed E-state index contributed by atoms with van der Waals surface area (Å²) in [4.78, 5) is 12.1. The number of aliphatic hydroxyl groups excluding tert-OH is 1. The van der Waals surface area contributed by atoms with Crippen molar-refractivity contribution >= 4 is 11.7 Å². The van der Waals surface area contributed by atoms with Crippen molar-refractivity contribution < 1.29 is 19.1 Å². The highest BCUT2D eigenvalue weighted by atomic mass is 16.5. The van der Waals surface area contributed by atoms with Crippen LogP contribution in [0.5, 0.6) is 0 Å². The molecular formula is C19H24N2O4. The second kappa shape index (κ2) is 8.69. The zero-order chi connectivity index (χ0) is 17.5. The molecule has 1 aromatic heterocycles. The van der Waals surface area contributed by atoms with E-state index in [2.05, 4.69) is 10.6 Å². The molecule has 0 aliphatic heterocycles. The molecule has 2 aromatic rings. The van der Waals surface area contributed by atoms with Crippen LogP contribution in [0.3, 0.4) is 0 Å². The molecule has 3 rings (SSSR count). The third kappa shape index (κ3) is 5.34. The smallest absolute Gasteiger partial charge is 0.319 e. The van der Waals surface area contributed by atoms with E-state index in [0.717, 1.165) is 37.0 Å². The zero-order valence-electron chi connectivity index (χ0n) is 14.1. The van der Waals surface area contributed by atoms with Crippen LogP contribution in [0.25, 0.3) is 0 Å². The molecule has 1 saturated carbocycles. The summed E-state index contributed by atoms with van der Waals surface area (Å²) in [6.07, 6.45) is 4.76. The Hall–Kier alpha value is -2.31. The minimum absolute atomic E-state index is 0.173. The lowest BCUT2D eigenvalue weighted by Gasteiger charge is -2.28. The molecule has 0 bridgehead atoms. The van der Waals surface area contributed by atoms with Gasteiger partial charge in [-0.15, -0.1) is 0 Å². The molecule has 1 aromatic carbocycles. The lowest BCUT2D eigenvalue weighted by molar-refractivity contribution is 0.0929. The number of anilines is 1. The summed E-state index contributed by atoms with van der Waals surface area (Å²) in [5, 5.41) is 15.6. The van der Waals surface area contributed by atoms with Crippen molar-refractivity contribution in [1.82, 2.24) is 5.32 Å². The number of carbonyl (C=O) groups is 1. The first kappa shape index (κ1) is 17.5. The quantitative estimate of drug-likeness (QED) is 0.750. The number of carbonyl (C=O) groups excluding carboxylic acids is 1. The van der Waals surface area contributed by atoms with Gasteiger partial charge in [0.25, 0.3) is 0 Å². The Bertz CT molecular complexity index is 672. The van der Waals surface area contributed by atoms with Crippen molar-refractivity contribution in [2.45, 2.75) is 51.0 Å². The van der Waals surface area contributed by atoms with E-state index in [1.54, 1.807) is 6.26 Å². The van der Waals surface area contributed by atoms with E-state index >= 15 is 0 Å². The van der Waals surface area contributed by atoms with Crippen molar-refractivity contribution in [3.05, 3.63) is 54.0 Å². The van der Waals surface area contributed by atoms with Gasteiger partial charge in [0, 0.05) is 5.69 Å². The van der Waals surface area contributed by atoms with Crippen molar-refractivity contribution in [2.24, 2.45) is 0 Å². The van der Waals surface area contributed by atoms with Gasteiger partial charge < -0.3 is 24.9 Å². The molecule has 2 atom stereocenters. The number of hydrogen-bond donors (Lipinski definition) is 3. The van der Waals surface area contributed by atoms with Gasteiger partial charge in [0.05, 0.1) is 25.0 Å². The fraction of sp³-hybridized carbons (Fsp3) is 0.421. The second-order valence-corrected chi connectivity index (χ2v) is 6.33. The summed E-state index contributed by atoms with van der Waals surface area (Å²) in [7, 11) is 0. The van der Waals surface area contributed by atoms with Crippen LogP contribution in [0.4, 0.5) is 10.5 Å². The zero-order valence-corrected chi connectivity index (χ0v) is 14.1. The number of hydrogen-bond acceptors (Lipinski definition) is 4. The fourth-order valence-electron chi connectivity index (χ4n) is 3.02. The van der Waals surface area contributed by atoms with Crippen molar-refractivity contribution in [3.63, 3.8) is 0 Å². The predicted molar refractivity (Wildman–Crippen MR) is 94.1 cm³/mol. The Balaban J connectivity index is 1.48. The maximum atomic E-state index is 12.1. The second-order valence-electron chi connectivity index (χ2n) is 6.33. The third-order valence-corrected chi connectivity index (χ3v) is 4.32. The topological polar surface area (TPSA) is 83.7 Å². The van der Waals surface area contributed by atoms with Gasteiger partial charge in [-0.25, -0.2) is 4.79 Å². The molecule has 6 heteroatoms. The minimum atomic E-state index is -0.458. The average molecular weight is 344 g/mol. The van der Waals surface area contributed by atoms with E-state index in [9.17, 15) is 9.90 Å². The molecule has 1 fully saturated rings. The van der Waals surface area contributed by atoms with E-state index in [1.165, 1.54) is 0 Å². The van der Waals surface area contributed by atoms with Gasteiger partial charge in [0.2, 0.25) is 0 Å². The molecule has 25 heavy (non-hydrogen) atoms. The number of aliphatic hydroxyl groups is 1. The summed E-state index contributed by atoms with van der Waals surface area (Å²) >= 11 is 0. The maximum absolute atomic E-state index is 12.1. The van der Waals surface area contributed by atoms with Crippen LogP contribution >= 0.6 is 0 Å². The molecule has 1 heterocycles. The van der Waals surface area contributed by atoms with Gasteiger partial charge in [0.1, 0.15) is 12.4 Å². The molecule has 0 saturated heterocycles. The molecule has 134 valence electrons. The van der Waals surface area contributed by atoms with Crippen LogP contribution in [0, 0.1) is 0 Å². The van der Waals surface area contributed by atoms with Gasteiger partial charge in [-0.1, -0.05) is 25.0 Å². The van der Waals surface area contributed by atoms with Gasteiger partial charge in [-0.2, -0.15) is 0 Å². The Kier molecular flexibility index (Phi) is 6.09. The molecule has 3 N–H and O–H groups in total. The van der Waals surface area contributed by atoms with E-state index < -0.39 is 6.10 Å².